The van der Waals surface area contributed by atoms with Crippen molar-refractivity contribution in [3.63, 3.8) is 0 Å². The number of nitrogens with zero attached hydrogens (tertiary/aromatic N) is 3. The van der Waals surface area contributed by atoms with E-state index in [4.69, 9.17) is 18.0 Å². The summed E-state index contributed by atoms with van der Waals surface area (Å²) in [7, 11) is 0. The van der Waals surface area contributed by atoms with Crippen molar-refractivity contribution < 1.29 is 0 Å². The molecule has 2 heterocycles. The number of aromatic nitrogens is 2. The van der Waals surface area contributed by atoms with Crippen LogP contribution in [0.25, 0.3) is 0 Å². The summed E-state index contributed by atoms with van der Waals surface area (Å²) >= 11 is 5.17. The highest BCUT2D eigenvalue weighted by atomic mass is 32.1. The Morgan fingerprint density at radius 1 is 1.44 bits per heavy atom. The van der Waals surface area contributed by atoms with Crippen molar-refractivity contribution in [2.75, 3.05) is 18.0 Å². The van der Waals surface area contributed by atoms with Gasteiger partial charge in [-0.3, -0.25) is 0 Å². The van der Waals surface area contributed by atoms with Crippen LogP contribution in [0.1, 0.15) is 36.6 Å². The van der Waals surface area contributed by atoms with Crippen molar-refractivity contribution in [3.05, 3.63) is 16.8 Å². The second kappa shape index (κ2) is 5.18. The molecule has 0 radical (unpaired) electrons. The van der Waals surface area contributed by atoms with Crippen LogP contribution in [0.4, 0.5) is 5.82 Å². The lowest BCUT2D eigenvalue weighted by atomic mass is 10.1. The monoisotopic (exact) mass is 264 g/mol. The van der Waals surface area contributed by atoms with Crippen LogP contribution in [-0.2, 0) is 0 Å². The standard InChI is InChI=1S/C13H20N4S/c1-4-10-5-6-17(7-10)13-11(12(14)18)8(2)9(3)15-16-13/h10H,4-7H2,1-3H3,(H2,14,18). The maximum absolute atomic E-state index is 5.86. The van der Waals surface area contributed by atoms with Crippen molar-refractivity contribution in [3.8, 4) is 0 Å². The molecule has 0 saturated carbocycles. The molecular formula is C13H20N4S. The first-order valence-electron chi connectivity index (χ1n) is 6.43. The van der Waals surface area contributed by atoms with E-state index in [0.717, 1.165) is 41.6 Å². The Labute approximate surface area is 114 Å². The molecule has 1 aromatic heterocycles. The van der Waals surface area contributed by atoms with Crippen LogP contribution in [0.2, 0.25) is 0 Å². The van der Waals surface area contributed by atoms with Crippen molar-refractivity contribution >= 4 is 23.0 Å². The molecule has 98 valence electrons. The summed E-state index contributed by atoms with van der Waals surface area (Å²) in [5.41, 5.74) is 8.70. The highest BCUT2D eigenvalue weighted by Gasteiger charge is 2.26. The molecule has 18 heavy (non-hydrogen) atoms. The molecule has 1 fully saturated rings. The normalized spacial score (nSPS) is 19.3. The van der Waals surface area contributed by atoms with E-state index in [1.165, 1.54) is 12.8 Å². The zero-order chi connectivity index (χ0) is 13.3. The molecule has 1 aliphatic rings. The molecule has 1 saturated heterocycles. The number of thiocarbonyl (C=S) groups is 1. The third-order valence-electron chi connectivity index (χ3n) is 3.85. The van der Waals surface area contributed by atoms with E-state index in [9.17, 15) is 0 Å². The summed E-state index contributed by atoms with van der Waals surface area (Å²) in [6.45, 7) is 8.23. The fourth-order valence-electron chi connectivity index (χ4n) is 2.47. The van der Waals surface area contributed by atoms with Crippen LogP contribution in [0.3, 0.4) is 0 Å². The van der Waals surface area contributed by atoms with Crippen LogP contribution < -0.4 is 10.6 Å². The maximum atomic E-state index is 5.86. The number of anilines is 1. The first kappa shape index (κ1) is 13.2. The molecule has 1 atom stereocenters. The number of aryl methyl sites for hydroxylation is 1. The zero-order valence-corrected chi connectivity index (χ0v) is 12.0. The summed E-state index contributed by atoms with van der Waals surface area (Å²) in [5, 5.41) is 8.53. The van der Waals surface area contributed by atoms with Gasteiger partial charge in [0.2, 0.25) is 0 Å². The van der Waals surface area contributed by atoms with Gasteiger partial charge in [0.1, 0.15) is 4.99 Å². The van der Waals surface area contributed by atoms with Gasteiger partial charge in [-0.25, -0.2) is 0 Å². The van der Waals surface area contributed by atoms with Crippen molar-refractivity contribution in [1.82, 2.24) is 10.2 Å². The number of hydrogen-bond donors (Lipinski definition) is 1. The minimum atomic E-state index is 0.417. The molecule has 0 aliphatic carbocycles. The molecule has 0 bridgehead atoms. The van der Waals surface area contributed by atoms with Gasteiger partial charge >= 0.3 is 0 Å². The summed E-state index contributed by atoms with van der Waals surface area (Å²) in [4.78, 5) is 2.68. The molecule has 1 aromatic rings. The molecule has 1 aliphatic heterocycles. The largest absolute Gasteiger partial charge is 0.389 e. The van der Waals surface area contributed by atoms with Crippen molar-refractivity contribution in [1.29, 1.82) is 0 Å². The van der Waals surface area contributed by atoms with E-state index in [-0.39, 0.29) is 0 Å². The van der Waals surface area contributed by atoms with E-state index in [0.29, 0.717) is 4.99 Å². The number of nitrogens with two attached hydrogens (primary N) is 1. The lowest BCUT2D eigenvalue weighted by Gasteiger charge is -2.21. The van der Waals surface area contributed by atoms with Crippen molar-refractivity contribution in [2.45, 2.75) is 33.6 Å². The Balaban J connectivity index is 2.39. The Morgan fingerprint density at radius 2 is 2.17 bits per heavy atom. The average molecular weight is 264 g/mol. The molecule has 1 unspecified atom stereocenters. The third kappa shape index (κ3) is 2.32. The molecule has 5 heteroatoms. The van der Waals surface area contributed by atoms with Gasteiger partial charge in [0, 0.05) is 13.1 Å². The molecule has 0 spiro atoms. The highest BCUT2D eigenvalue weighted by Crippen LogP contribution is 2.28. The second-order valence-corrected chi connectivity index (χ2v) is 5.42. The lowest BCUT2D eigenvalue weighted by Crippen LogP contribution is -2.26. The first-order chi connectivity index (χ1) is 8.54. The summed E-state index contributed by atoms with van der Waals surface area (Å²) in [5.74, 6) is 1.61. The second-order valence-electron chi connectivity index (χ2n) is 4.98. The van der Waals surface area contributed by atoms with E-state index < -0.39 is 0 Å². The van der Waals surface area contributed by atoms with Gasteiger partial charge in [-0.1, -0.05) is 25.6 Å². The maximum Gasteiger partial charge on any atom is 0.161 e. The molecule has 4 nitrogen and oxygen atoms in total. The fourth-order valence-corrected chi connectivity index (χ4v) is 2.71. The molecular weight excluding hydrogens is 244 g/mol. The first-order valence-corrected chi connectivity index (χ1v) is 6.84. The van der Waals surface area contributed by atoms with Crippen molar-refractivity contribution in [2.24, 2.45) is 11.7 Å². The topological polar surface area (TPSA) is 55.0 Å². The zero-order valence-electron chi connectivity index (χ0n) is 11.2. The van der Waals surface area contributed by atoms with E-state index in [2.05, 4.69) is 22.0 Å². The summed E-state index contributed by atoms with van der Waals surface area (Å²) in [6, 6.07) is 0. The van der Waals surface area contributed by atoms with E-state index >= 15 is 0 Å². The third-order valence-corrected chi connectivity index (χ3v) is 4.05. The minimum absolute atomic E-state index is 0.417. The molecule has 2 N–H and O–H groups in total. The van der Waals surface area contributed by atoms with Crippen LogP contribution in [-0.4, -0.2) is 28.3 Å². The predicted molar refractivity (Wildman–Crippen MR) is 78.0 cm³/mol. The lowest BCUT2D eigenvalue weighted by molar-refractivity contribution is 0.568. The van der Waals surface area contributed by atoms with Gasteiger partial charge in [0.15, 0.2) is 5.82 Å². The highest BCUT2D eigenvalue weighted by molar-refractivity contribution is 7.80. The summed E-state index contributed by atoms with van der Waals surface area (Å²) < 4.78 is 0. The fraction of sp³-hybridized carbons (Fsp3) is 0.615. The minimum Gasteiger partial charge on any atom is -0.389 e. The van der Waals surface area contributed by atoms with Crippen LogP contribution in [0.15, 0.2) is 0 Å². The van der Waals surface area contributed by atoms with E-state index in [1.54, 1.807) is 0 Å². The van der Waals surface area contributed by atoms with Gasteiger partial charge in [0.05, 0.1) is 11.3 Å². The Hall–Kier alpha value is -1.23. The van der Waals surface area contributed by atoms with Gasteiger partial charge in [-0.15, -0.1) is 5.10 Å². The van der Waals surface area contributed by atoms with Gasteiger partial charge < -0.3 is 10.6 Å². The SMILES string of the molecule is CCC1CCN(c2nnc(C)c(C)c2C(N)=S)C1. The number of rotatable bonds is 3. The van der Waals surface area contributed by atoms with Crippen LogP contribution in [0, 0.1) is 19.8 Å². The smallest absolute Gasteiger partial charge is 0.161 e. The molecule has 2 rings (SSSR count). The van der Waals surface area contributed by atoms with E-state index in [1.807, 2.05) is 13.8 Å². The quantitative estimate of drug-likeness (QED) is 0.846. The van der Waals surface area contributed by atoms with Gasteiger partial charge in [-0.2, -0.15) is 5.10 Å². The average Bonchev–Trinajstić information content (AvgIpc) is 2.80. The molecule has 0 aromatic carbocycles. The Bertz CT molecular complexity index is 472. The Morgan fingerprint density at radius 3 is 2.72 bits per heavy atom. The predicted octanol–water partition coefficient (Wildman–Crippen LogP) is 1.96. The van der Waals surface area contributed by atoms with Gasteiger partial charge in [-0.05, 0) is 31.7 Å². The Kier molecular flexibility index (Phi) is 3.80. The van der Waals surface area contributed by atoms with Crippen LogP contribution >= 0.6 is 12.2 Å². The van der Waals surface area contributed by atoms with Crippen LogP contribution in [0.5, 0.6) is 0 Å². The number of hydrogen-bond acceptors (Lipinski definition) is 4. The molecule has 0 amide bonds. The summed E-state index contributed by atoms with van der Waals surface area (Å²) in [6.07, 6.45) is 2.42. The van der Waals surface area contributed by atoms with Gasteiger partial charge in [0.25, 0.3) is 0 Å².